The number of nitrogens with one attached hydrogen (secondary N) is 1. The molecule has 2 saturated heterocycles. The molecule has 4 rings (SSSR count). The summed E-state index contributed by atoms with van der Waals surface area (Å²) in [5.41, 5.74) is 0.880. The van der Waals surface area contributed by atoms with Crippen LogP contribution in [0.25, 0.3) is 0 Å². The van der Waals surface area contributed by atoms with Crippen molar-refractivity contribution in [1.82, 2.24) is 20.3 Å². The van der Waals surface area contributed by atoms with Gasteiger partial charge in [-0.15, -0.1) is 0 Å². The minimum Gasteiger partial charge on any atom is -0.368 e. The van der Waals surface area contributed by atoms with Crippen molar-refractivity contribution >= 4 is 11.8 Å². The van der Waals surface area contributed by atoms with Crippen molar-refractivity contribution in [1.29, 1.82) is 0 Å². The first-order valence-corrected chi connectivity index (χ1v) is 10.3. The molecule has 3 heterocycles. The number of carbonyl (C=O) groups excluding carboxylic acids is 2. The number of ether oxygens (including phenoxy) is 1. The van der Waals surface area contributed by atoms with Crippen LogP contribution in [0.5, 0.6) is 0 Å². The predicted octanol–water partition coefficient (Wildman–Crippen LogP) is 0.987. The molecule has 1 aromatic heterocycles. The highest BCUT2D eigenvalue weighted by Crippen LogP contribution is 2.36. The Morgan fingerprint density at radius 2 is 2.04 bits per heavy atom. The fourth-order valence-corrected chi connectivity index (χ4v) is 4.35. The highest BCUT2D eigenvalue weighted by molar-refractivity contribution is 5.97. The van der Waals surface area contributed by atoms with Crippen molar-refractivity contribution in [3.05, 3.63) is 17.0 Å². The first-order chi connectivity index (χ1) is 13.5. The zero-order valence-electron chi connectivity index (χ0n) is 17.0. The molecule has 0 unspecified atom stereocenters. The van der Waals surface area contributed by atoms with E-state index in [-0.39, 0.29) is 23.5 Å². The first kappa shape index (κ1) is 19.4. The number of aromatic nitrogens is 1. The van der Waals surface area contributed by atoms with Crippen LogP contribution < -0.4 is 5.32 Å². The summed E-state index contributed by atoms with van der Waals surface area (Å²) in [5, 5.41) is 6.73. The number of amides is 2. The van der Waals surface area contributed by atoms with Crippen molar-refractivity contribution in [2.75, 3.05) is 39.8 Å². The van der Waals surface area contributed by atoms with Crippen LogP contribution in [0.1, 0.15) is 48.0 Å². The van der Waals surface area contributed by atoms with Crippen LogP contribution >= 0.6 is 0 Å². The molecule has 0 radical (unpaired) electrons. The molecule has 1 atom stereocenters. The quantitative estimate of drug-likeness (QED) is 0.779. The van der Waals surface area contributed by atoms with Crippen molar-refractivity contribution in [3.63, 3.8) is 0 Å². The van der Waals surface area contributed by atoms with Gasteiger partial charge in [-0.2, -0.15) is 0 Å². The lowest BCUT2D eigenvalue weighted by molar-refractivity contribution is -0.191. The predicted molar refractivity (Wildman–Crippen MR) is 102 cm³/mol. The van der Waals surface area contributed by atoms with E-state index in [1.807, 2.05) is 11.8 Å². The van der Waals surface area contributed by atoms with E-state index >= 15 is 0 Å². The number of likely N-dealkylation sites (tertiary alicyclic amines) is 1. The van der Waals surface area contributed by atoms with Crippen molar-refractivity contribution in [2.45, 2.75) is 51.2 Å². The average Bonchev–Trinajstić information content (AvgIpc) is 3.40. The van der Waals surface area contributed by atoms with E-state index < -0.39 is 0 Å². The maximum absolute atomic E-state index is 13.0. The normalized spacial score (nSPS) is 24.2. The van der Waals surface area contributed by atoms with Crippen LogP contribution in [-0.4, -0.2) is 78.2 Å². The van der Waals surface area contributed by atoms with Crippen LogP contribution in [0.3, 0.4) is 0 Å². The molecule has 1 spiro atoms. The third-order valence-electron chi connectivity index (χ3n) is 6.09. The molecule has 0 aromatic carbocycles. The summed E-state index contributed by atoms with van der Waals surface area (Å²) >= 11 is 0. The van der Waals surface area contributed by atoms with E-state index in [4.69, 9.17) is 9.26 Å². The molecule has 154 valence electrons. The molecule has 3 fully saturated rings. The van der Waals surface area contributed by atoms with Crippen LogP contribution in [-0.2, 0) is 16.0 Å². The second-order valence-corrected chi connectivity index (χ2v) is 8.47. The van der Waals surface area contributed by atoms with Crippen LogP contribution in [0, 0.1) is 12.8 Å². The largest absolute Gasteiger partial charge is 0.368 e. The summed E-state index contributed by atoms with van der Waals surface area (Å²) in [6.07, 6.45) is 4.09. The molecule has 8 heteroatoms. The second-order valence-electron chi connectivity index (χ2n) is 8.47. The van der Waals surface area contributed by atoms with E-state index in [1.54, 1.807) is 7.05 Å². The van der Waals surface area contributed by atoms with Crippen molar-refractivity contribution in [2.24, 2.45) is 5.92 Å². The van der Waals surface area contributed by atoms with Gasteiger partial charge in [0.15, 0.2) is 0 Å². The first-order valence-electron chi connectivity index (χ1n) is 10.3. The standard InChI is InChI=1S/C20H30N4O4/c1-4-5-16-17(13(2)22-28-16)19(26)24-11-20(12-24)10-23(8-14-6-7-14)15(9-27-20)18(25)21-3/h14-15H,4-12H2,1-3H3,(H,21,25)/t15-/m1/s1. The van der Waals surface area contributed by atoms with Gasteiger partial charge in [-0.05, 0) is 32.1 Å². The monoisotopic (exact) mass is 390 g/mol. The SMILES string of the molecule is CCCc1onc(C)c1C(=O)N1CC2(C1)CN(CC1CC1)[C@@H](C(=O)NC)CO2. The van der Waals surface area contributed by atoms with Crippen LogP contribution in [0.4, 0.5) is 0 Å². The van der Waals surface area contributed by atoms with Gasteiger partial charge in [0.25, 0.3) is 5.91 Å². The lowest BCUT2D eigenvalue weighted by Gasteiger charge is -2.55. The zero-order chi connectivity index (χ0) is 19.9. The van der Waals surface area contributed by atoms with Gasteiger partial charge in [0.2, 0.25) is 5.91 Å². The van der Waals surface area contributed by atoms with Crippen molar-refractivity contribution in [3.8, 4) is 0 Å². The molecule has 1 aliphatic carbocycles. The smallest absolute Gasteiger partial charge is 0.259 e. The van der Waals surface area contributed by atoms with E-state index in [9.17, 15) is 9.59 Å². The van der Waals surface area contributed by atoms with Gasteiger partial charge in [-0.25, -0.2) is 0 Å². The second kappa shape index (κ2) is 7.48. The Bertz CT molecular complexity index is 751. The third-order valence-corrected chi connectivity index (χ3v) is 6.09. The number of hydrogen-bond acceptors (Lipinski definition) is 6. The summed E-state index contributed by atoms with van der Waals surface area (Å²) in [5.74, 6) is 1.34. The molecular weight excluding hydrogens is 360 g/mol. The molecule has 28 heavy (non-hydrogen) atoms. The lowest BCUT2D eigenvalue weighted by atomic mass is 9.89. The summed E-state index contributed by atoms with van der Waals surface area (Å²) in [7, 11) is 1.67. The maximum atomic E-state index is 13.0. The number of carbonyl (C=O) groups is 2. The van der Waals surface area contributed by atoms with Crippen molar-refractivity contribution < 1.29 is 18.8 Å². The Kier molecular flexibility index (Phi) is 5.18. The maximum Gasteiger partial charge on any atom is 0.259 e. The Balaban J connectivity index is 1.42. The zero-order valence-corrected chi connectivity index (χ0v) is 17.0. The summed E-state index contributed by atoms with van der Waals surface area (Å²) in [6, 6.07) is -0.238. The molecular formula is C20H30N4O4. The third kappa shape index (κ3) is 3.55. The molecule has 1 N–H and O–H groups in total. The van der Waals surface area contributed by atoms with Gasteiger partial charge in [0, 0.05) is 26.6 Å². The van der Waals surface area contributed by atoms with Crippen LogP contribution in [0.2, 0.25) is 0 Å². The lowest BCUT2D eigenvalue weighted by Crippen LogP contribution is -2.73. The number of aryl methyl sites for hydroxylation is 2. The number of rotatable bonds is 6. The molecule has 0 bridgehead atoms. The molecule has 1 saturated carbocycles. The fourth-order valence-electron chi connectivity index (χ4n) is 4.35. The van der Waals surface area contributed by atoms with E-state index in [0.717, 1.165) is 13.0 Å². The summed E-state index contributed by atoms with van der Waals surface area (Å²) in [4.78, 5) is 29.3. The van der Waals surface area contributed by atoms with Gasteiger partial charge in [-0.3, -0.25) is 14.5 Å². The van der Waals surface area contributed by atoms with Gasteiger partial charge in [0.1, 0.15) is 23.0 Å². The Morgan fingerprint density at radius 3 is 2.68 bits per heavy atom. The molecule has 3 aliphatic rings. The highest BCUT2D eigenvalue weighted by Gasteiger charge is 2.53. The fraction of sp³-hybridized carbons (Fsp3) is 0.750. The average molecular weight is 390 g/mol. The molecule has 2 aliphatic heterocycles. The number of hydrogen-bond donors (Lipinski definition) is 1. The highest BCUT2D eigenvalue weighted by atomic mass is 16.5. The van der Waals surface area contributed by atoms with Gasteiger partial charge in [0.05, 0.1) is 25.4 Å². The van der Waals surface area contributed by atoms with Gasteiger partial charge in [-0.1, -0.05) is 12.1 Å². The molecule has 2 amide bonds. The van der Waals surface area contributed by atoms with Gasteiger partial charge >= 0.3 is 0 Å². The van der Waals surface area contributed by atoms with E-state index in [0.29, 0.717) is 55.6 Å². The minimum atomic E-state index is -0.370. The Morgan fingerprint density at radius 1 is 1.29 bits per heavy atom. The Labute approximate surface area is 165 Å². The summed E-state index contributed by atoms with van der Waals surface area (Å²) in [6.45, 7) is 6.96. The molecule has 1 aromatic rings. The number of nitrogens with zero attached hydrogens (tertiary/aromatic N) is 3. The number of morpholine rings is 1. The van der Waals surface area contributed by atoms with Gasteiger partial charge < -0.3 is 19.5 Å². The summed E-state index contributed by atoms with van der Waals surface area (Å²) < 4.78 is 11.5. The molecule has 8 nitrogen and oxygen atoms in total. The number of likely N-dealkylation sites (N-methyl/N-ethyl adjacent to an activating group) is 1. The van der Waals surface area contributed by atoms with E-state index in [2.05, 4.69) is 22.3 Å². The van der Waals surface area contributed by atoms with Crippen LogP contribution in [0.15, 0.2) is 4.52 Å². The van der Waals surface area contributed by atoms with E-state index in [1.165, 1.54) is 12.8 Å². The topological polar surface area (TPSA) is 87.9 Å². The Hall–Kier alpha value is -1.93. The minimum absolute atomic E-state index is 0.00654.